The molecule has 1 saturated heterocycles. The molecule has 1 atom stereocenters. The number of carbonyl (C=O) groups excluding carboxylic acids is 2. The van der Waals surface area contributed by atoms with Crippen LogP contribution in [0.2, 0.25) is 0 Å². The third-order valence-corrected chi connectivity index (χ3v) is 5.11. The maximum Gasteiger partial charge on any atom is 0.237 e. The summed E-state index contributed by atoms with van der Waals surface area (Å²) in [5, 5.41) is 2.90. The van der Waals surface area contributed by atoms with Crippen LogP contribution in [-0.2, 0) is 22.6 Å². The Hall–Kier alpha value is -1.88. The highest BCUT2D eigenvalue weighted by molar-refractivity contribution is 5.89. The fourth-order valence-electron chi connectivity index (χ4n) is 3.77. The van der Waals surface area contributed by atoms with Gasteiger partial charge in [0.05, 0.1) is 12.5 Å². The molecule has 0 aromatic heterocycles. The zero-order valence-corrected chi connectivity index (χ0v) is 14.6. The molecule has 130 valence electrons. The number of rotatable bonds is 3. The normalized spacial score (nSPS) is 22.0. The summed E-state index contributed by atoms with van der Waals surface area (Å²) in [6.45, 7) is 7.06. The molecule has 1 aromatic carbocycles. The Balaban J connectivity index is 1.71. The second-order valence-corrected chi connectivity index (χ2v) is 7.03. The summed E-state index contributed by atoms with van der Waals surface area (Å²) < 4.78 is 0. The van der Waals surface area contributed by atoms with Gasteiger partial charge in [0.25, 0.3) is 0 Å². The summed E-state index contributed by atoms with van der Waals surface area (Å²) in [7, 11) is 0. The second kappa shape index (κ2) is 7.34. The second-order valence-electron chi connectivity index (χ2n) is 7.03. The van der Waals surface area contributed by atoms with E-state index in [1.165, 1.54) is 11.1 Å². The zero-order valence-electron chi connectivity index (χ0n) is 14.6. The third-order valence-electron chi connectivity index (χ3n) is 5.11. The minimum atomic E-state index is -0.343. The number of nitrogens with one attached hydrogen (secondary N) is 1. The quantitative estimate of drug-likeness (QED) is 0.916. The molecule has 0 saturated carbocycles. The molecule has 1 N–H and O–H groups in total. The molecule has 2 aliphatic rings. The Morgan fingerprint density at radius 3 is 2.75 bits per heavy atom. The molecule has 2 heterocycles. The molecule has 0 bridgehead atoms. The van der Waals surface area contributed by atoms with Crippen molar-refractivity contribution in [2.75, 3.05) is 19.6 Å². The average molecular weight is 329 g/mol. The van der Waals surface area contributed by atoms with E-state index in [1.54, 1.807) is 0 Å². The van der Waals surface area contributed by atoms with E-state index in [9.17, 15) is 9.59 Å². The lowest BCUT2D eigenvalue weighted by molar-refractivity contribution is -0.140. The molecule has 0 spiro atoms. The van der Waals surface area contributed by atoms with Gasteiger partial charge in [0.1, 0.15) is 0 Å². The number of benzene rings is 1. The van der Waals surface area contributed by atoms with Crippen LogP contribution in [0.25, 0.3) is 0 Å². The monoisotopic (exact) mass is 329 g/mol. The minimum absolute atomic E-state index is 0.0153. The third kappa shape index (κ3) is 3.61. The molecule has 1 aromatic rings. The molecule has 24 heavy (non-hydrogen) atoms. The molecule has 5 heteroatoms. The first-order valence-corrected chi connectivity index (χ1v) is 8.94. The van der Waals surface area contributed by atoms with Crippen molar-refractivity contribution in [1.29, 1.82) is 0 Å². The van der Waals surface area contributed by atoms with Crippen molar-refractivity contribution in [1.82, 2.24) is 15.1 Å². The number of aryl methyl sites for hydroxylation is 1. The SMILES string of the molecule is CC(C)N1CCNC(=O)C1CC(=O)N1CCCc2ccccc2C1. The van der Waals surface area contributed by atoms with Crippen molar-refractivity contribution >= 4 is 11.8 Å². The fourth-order valence-corrected chi connectivity index (χ4v) is 3.77. The van der Waals surface area contributed by atoms with E-state index in [-0.39, 0.29) is 30.3 Å². The molecule has 2 amide bonds. The van der Waals surface area contributed by atoms with Crippen molar-refractivity contribution < 1.29 is 9.59 Å². The van der Waals surface area contributed by atoms with Crippen LogP contribution >= 0.6 is 0 Å². The zero-order chi connectivity index (χ0) is 17.1. The van der Waals surface area contributed by atoms with Crippen molar-refractivity contribution in [3.05, 3.63) is 35.4 Å². The van der Waals surface area contributed by atoms with Crippen LogP contribution < -0.4 is 5.32 Å². The van der Waals surface area contributed by atoms with Crippen molar-refractivity contribution in [2.24, 2.45) is 0 Å². The van der Waals surface area contributed by atoms with Crippen LogP contribution in [0.1, 0.15) is 37.8 Å². The number of hydrogen-bond donors (Lipinski definition) is 1. The Labute approximate surface area is 144 Å². The first-order chi connectivity index (χ1) is 11.6. The van der Waals surface area contributed by atoms with Crippen molar-refractivity contribution in [2.45, 2.75) is 51.7 Å². The van der Waals surface area contributed by atoms with Gasteiger partial charge in [-0.05, 0) is 37.8 Å². The number of hydrogen-bond acceptors (Lipinski definition) is 3. The Bertz CT molecular complexity index is 614. The van der Waals surface area contributed by atoms with Crippen LogP contribution in [0.4, 0.5) is 0 Å². The van der Waals surface area contributed by atoms with Gasteiger partial charge in [0, 0.05) is 32.2 Å². The van der Waals surface area contributed by atoms with E-state index in [1.807, 2.05) is 11.0 Å². The smallest absolute Gasteiger partial charge is 0.237 e. The van der Waals surface area contributed by atoms with Crippen molar-refractivity contribution in [3.8, 4) is 0 Å². The van der Waals surface area contributed by atoms with Gasteiger partial charge in [0.2, 0.25) is 11.8 Å². The van der Waals surface area contributed by atoms with Gasteiger partial charge in [-0.25, -0.2) is 0 Å². The lowest BCUT2D eigenvalue weighted by atomic mass is 10.0. The van der Waals surface area contributed by atoms with E-state index >= 15 is 0 Å². The van der Waals surface area contributed by atoms with Gasteiger partial charge in [-0.15, -0.1) is 0 Å². The summed E-state index contributed by atoms with van der Waals surface area (Å²) in [6.07, 6.45) is 2.27. The van der Waals surface area contributed by atoms with Crippen LogP contribution in [0.3, 0.4) is 0 Å². The minimum Gasteiger partial charge on any atom is -0.353 e. The van der Waals surface area contributed by atoms with E-state index in [0.29, 0.717) is 13.1 Å². The number of amides is 2. The van der Waals surface area contributed by atoms with Gasteiger partial charge < -0.3 is 10.2 Å². The summed E-state index contributed by atoms with van der Waals surface area (Å²) in [6, 6.07) is 8.27. The standard InChI is InChI=1S/C19H27N3O2/c1-14(2)22-11-9-20-19(24)17(22)12-18(23)21-10-5-8-15-6-3-4-7-16(15)13-21/h3-4,6-7,14,17H,5,8-13H2,1-2H3,(H,20,24). The van der Waals surface area contributed by atoms with Crippen molar-refractivity contribution in [3.63, 3.8) is 0 Å². The first-order valence-electron chi connectivity index (χ1n) is 8.94. The summed E-state index contributed by atoms with van der Waals surface area (Å²) in [4.78, 5) is 29.2. The molecule has 5 nitrogen and oxygen atoms in total. The van der Waals surface area contributed by atoms with E-state index in [2.05, 4.69) is 42.3 Å². The highest BCUT2D eigenvalue weighted by atomic mass is 16.2. The molecule has 2 aliphatic heterocycles. The molecule has 0 aliphatic carbocycles. The summed E-state index contributed by atoms with van der Waals surface area (Å²) in [5.74, 6) is 0.0675. The predicted molar refractivity (Wildman–Crippen MR) is 93.4 cm³/mol. The number of nitrogens with zero attached hydrogens (tertiary/aromatic N) is 2. The Morgan fingerprint density at radius 1 is 1.25 bits per heavy atom. The lowest BCUT2D eigenvalue weighted by Gasteiger charge is -2.38. The topological polar surface area (TPSA) is 52.7 Å². The van der Waals surface area contributed by atoms with E-state index in [0.717, 1.165) is 25.9 Å². The average Bonchev–Trinajstić information content (AvgIpc) is 2.78. The number of carbonyl (C=O) groups is 2. The van der Waals surface area contributed by atoms with Gasteiger partial charge in [-0.3, -0.25) is 14.5 Å². The summed E-state index contributed by atoms with van der Waals surface area (Å²) in [5.41, 5.74) is 2.57. The van der Waals surface area contributed by atoms with Crippen LogP contribution in [-0.4, -0.2) is 53.3 Å². The highest BCUT2D eigenvalue weighted by Gasteiger charge is 2.34. The largest absolute Gasteiger partial charge is 0.353 e. The van der Waals surface area contributed by atoms with Gasteiger partial charge in [-0.1, -0.05) is 24.3 Å². The summed E-state index contributed by atoms with van der Waals surface area (Å²) >= 11 is 0. The van der Waals surface area contributed by atoms with Crippen LogP contribution in [0.15, 0.2) is 24.3 Å². The molecule has 1 fully saturated rings. The Morgan fingerprint density at radius 2 is 2.00 bits per heavy atom. The maximum atomic E-state index is 12.9. The van der Waals surface area contributed by atoms with Gasteiger partial charge >= 0.3 is 0 Å². The Kier molecular flexibility index (Phi) is 5.19. The van der Waals surface area contributed by atoms with E-state index < -0.39 is 0 Å². The predicted octanol–water partition coefficient (Wildman–Crippen LogP) is 1.56. The molecular formula is C19H27N3O2. The molecular weight excluding hydrogens is 302 g/mol. The van der Waals surface area contributed by atoms with E-state index in [4.69, 9.17) is 0 Å². The number of fused-ring (bicyclic) bond motifs is 1. The molecule has 0 radical (unpaired) electrons. The number of piperazine rings is 1. The first kappa shape index (κ1) is 17.0. The lowest BCUT2D eigenvalue weighted by Crippen LogP contribution is -2.58. The maximum absolute atomic E-state index is 12.9. The van der Waals surface area contributed by atoms with Crippen LogP contribution in [0, 0.1) is 0 Å². The molecule has 3 rings (SSSR count). The van der Waals surface area contributed by atoms with Crippen LogP contribution in [0.5, 0.6) is 0 Å². The molecule has 1 unspecified atom stereocenters. The van der Waals surface area contributed by atoms with Gasteiger partial charge in [0.15, 0.2) is 0 Å². The fraction of sp³-hybridized carbons (Fsp3) is 0.579. The highest BCUT2D eigenvalue weighted by Crippen LogP contribution is 2.20. The van der Waals surface area contributed by atoms with Gasteiger partial charge in [-0.2, -0.15) is 0 Å².